The van der Waals surface area contributed by atoms with Gasteiger partial charge in [-0.2, -0.15) is 0 Å². The van der Waals surface area contributed by atoms with Crippen LogP contribution in [0.15, 0.2) is 18.2 Å². The van der Waals surface area contributed by atoms with Crippen molar-refractivity contribution in [3.05, 3.63) is 23.8 Å². The van der Waals surface area contributed by atoms with E-state index >= 15 is 0 Å². The molecule has 4 rings (SSSR count). The van der Waals surface area contributed by atoms with E-state index in [0.29, 0.717) is 36.7 Å². The SMILES string of the molecule is O=C(c1ccc2c(c1)OCO2)N1CCCN(C(=O)C2CCC2)CC1. The van der Waals surface area contributed by atoms with Crippen molar-refractivity contribution in [2.24, 2.45) is 5.92 Å². The van der Waals surface area contributed by atoms with Crippen LogP contribution in [0.5, 0.6) is 11.5 Å². The Morgan fingerprint density at radius 3 is 2.46 bits per heavy atom. The van der Waals surface area contributed by atoms with Gasteiger partial charge in [0.2, 0.25) is 12.7 Å². The van der Waals surface area contributed by atoms with Crippen molar-refractivity contribution in [3.8, 4) is 11.5 Å². The maximum Gasteiger partial charge on any atom is 0.254 e. The van der Waals surface area contributed by atoms with Crippen molar-refractivity contribution < 1.29 is 19.1 Å². The molecule has 2 amide bonds. The molecule has 0 spiro atoms. The van der Waals surface area contributed by atoms with E-state index < -0.39 is 0 Å². The van der Waals surface area contributed by atoms with Gasteiger partial charge in [0, 0.05) is 37.7 Å². The molecule has 1 saturated heterocycles. The Hall–Kier alpha value is -2.24. The van der Waals surface area contributed by atoms with E-state index in [2.05, 4.69) is 0 Å². The molecule has 1 aromatic rings. The highest BCUT2D eigenvalue weighted by Gasteiger charge is 2.31. The minimum Gasteiger partial charge on any atom is -0.454 e. The predicted octanol–water partition coefficient (Wildman–Crippen LogP) is 1.89. The highest BCUT2D eigenvalue weighted by Crippen LogP contribution is 2.33. The minimum absolute atomic E-state index is 0.00811. The summed E-state index contributed by atoms with van der Waals surface area (Å²) in [6.45, 7) is 2.86. The number of hydrogen-bond acceptors (Lipinski definition) is 4. The van der Waals surface area contributed by atoms with Gasteiger partial charge in [-0.1, -0.05) is 6.42 Å². The van der Waals surface area contributed by atoms with E-state index in [1.165, 1.54) is 6.42 Å². The Labute approximate surface area is 141 Å². The molecule has 0 aromatic heterocycles. The van der Waals surface area contributed by atoms with E-state index in [9.17, 15) is 9.59 Å². The number of benzene rings is 1. The van der Waals surface area contributed by atoms with Crippen LogP contribution < -0.4 is 9.47 Å². The first-order valence-electron chi connectivity index (χ1n) is 8.70. The van der Waals surface area contributed by atoms with Gasteiger partial charge in [0.1, 0.15) is 0 Å². The fourth-order valence-electron chi connectivity index (χ4n) is 3.47. The van der Waals surface area contributed by atoms with E-state index in [1.54, 1.807) is 18.2 Å². The van der Waals surface area contributed by atoms with Crippen LogP contribution in [0.4, 0.5) is 0 Å². The number of ether oxygens (including phenoxy) is 2. The third kappa shape index (κ3) is 2.81. The molecule has 1 saturated carbocycles. The molecule has 24 heavy (non-hydrogen) atoms. The first kappa shape index (κ1) is 15.3. The number of hydrogen-bond donors (Lipinski definition) is 0. The largest absolute Gasteiger partial charge is 0.454 e. The molecule has 0 bridgehead atoms. The summed E-state index contributed by atoms with van der Waals surface area (Å²) in [6.07, 6.45) is 4.04. The summed E-state index contributed by atoms with van der Waals surface area (Å²) in [5.74, 6) is 1.79. The first-order chi connectivity index (χ1) is 11.7. The van der Waals surface area contributed by atoms with E-state index in [4.69, 9.17) is 9.47 Å². The lowest BCUT2D eigenvalue weighted by atomic mass is 9.84. The van der Waals surface area contributed by atoms with Gasteiger partial charge in [0.15, 0.2) is 11.5 Å². The molecule has 0 atom stereocenters. The Morgan fingerprint density at radius 2 is 1.67 bits per heavy atom. The average Bonchev–Trinajstić information content (AvgIpc) is 2.87. The summed E-state index contributed by atoms with van der Waals surface area (Å²) >= 11 is 0. The molecule has 6 heteroatoms. The predicted molar refractivity (Wildman–Crippen MR) is 87.0 cm³/mol. The Kier molecular flexibility index (Phi) is 4.04. The third-order valence-corrected chi connectivity index (χ3v) is 5.17. The number of carbonyl (C=O) groups is 2. The molecule has 1 aliphatic carbocycles. The summed E-state index contributed by atoms with van der Waals surface area (Å²) in [4.78, 5) is 28.9. The highest BCUT2D eigenvalue weighted by atomic mass is 16.7. The molecular weight excluding hydrogens is 308 g/mol. The van der Waals surface area contributed by atoms with Crippen LogP contribution in [0.25, 0.3) is 0 Å². The summed E-state index contributed by atoms with van der Waals surface area (Å²) in [5.41, 5.74) is 0.609. The second-order valence-electron chi connectivity index (χ2n) is 6.67. The van der Waals surface area contributed by atoms with Gasteiger partial charge < -0.3 is 19.3 Å². The van der Waals surface area contributed by atoms with Crippen LogP contribution in [0, 0.1) is 5.92 Å². The molecule has 0 N–H and O–H groups in total. The molecule has 2 aliphatic heterocycles. The molecule has 0 unspecified atom stereocenters. The second-order valence-corrected chi connectivity index (χ2v) is 6.67. The molecule has 2 fully saturated rings. The van der Waals surface area contributed by atoms with E-state index in [-0.39, 0.29) is 24.5 Å². The van der Waals surface area contributed by atoms with Gasteiger partial charge in [-0.25, -0.2) is 0 Å². The lowest BCUT2D eigenvalue weighted by Gasteiger charge is -2.31. The lowest BCUT2D eigenvalue weighted by molar-refractivity contribution is -0.138. The van der Waals surface area contributed by atoms with Crippen molar-refractivity contribution >= 4 is 11.8 Å². The van der Waals surface area contributed by atoms with Gasteiger partial charge in [0.25, 0.3) is 5.91 Å². The second kappa shape index (κ2) is 6.34. The standard InChI is InChI=1S/C18H22N2O4/c21-17(13-3-1-4-13)19-7-2-8-20(10-9-19)18(22)14-5-6-15-16(11-14)24-12-23-15/h5-6,11,13H,1-4,7-10,12H2. The smallest absolute Gasteiger partial charge is 0.254 e. The normalized spacial score (nSPS) is 20.5. The zero-order chi connectivity index (χ0) is 16.5. The lowest BCUT2D eigenvalue weighted by Crippen LogP contribution is -2.41. The first-order valence-corrected chi connectivity index (χ1v) is 8.70. The number of amides is 2. The fraction of sp³-hybridized carbons (Fsp3) is 0.556. The molecule has 6 nitrogen and oxygen atoms in total. The molecule has 0 radical (unpaired) electrons. The Balaban J connectivity index is 1.41. The number of nitrogens with zero attached hydrogens (tertiary/aromatic N) is 2. The van der Waals surface area contributed by atoms with Gasteiger partial charge in [-0.15, -0.1) is 0 Å². The van der Waals surface area contributed by atoms with Crippen LogP contribution in [0.3, 0.4) is 0 Å². The van der Waals surface area contributed by atoms with Crippen molar-refractivity contribution in [2.45, 2.75) is 25.7 Å². The average molecular weight is 330 g/mol. The minimum atomic E-state index is -0.00811. The van der Waals surface area contributed by atoms with Gasteiger partial charge in [-0.05, 0) is 37.5 Å². The van der Waals surface area contributed by atoms with Crippen molar-refractivity contribution in [1.29, 1.82) is 0 Å². The summed E-state index contributed by atoms with van der Waals surface area (Å²) in [5, 5.41) is 0. The van der Waals surface area contributed by atoms with Crippen LogP contribution in [0.2, 0.25) is 0 Å². The maximum atomic E-state index is 12.8. The summed E-state index contributed by atoms with van der Waals surface area (Å²) in [6, 6.07) is 5.30. The Bertz CT molecular complexity index is 656. The van der Waals surface area contributed by atoms with Gasteiger partial charge >= 0.3 is 0 Å². The number of fused-ring (bicyclic) bond motifs is 1. The van der Waals surface area contributed by atoms with Gasteiger partial charge in [-0.3, -0.25) is 9.59 Å². The van der Waals surface area contributed by atoms with Gasteiger partial charge in [0.05, 0.1) is 0 Å². The monoisotopic (exact) mass is 330 g/mol. The zero-order valence-electron chi connectivity index (χ0n) is 13.7. The van der Waals surface area contributed by atoms with Crippen molar-refractivity contribution in [2.75, 3.05) is 33.0 Å². The molecule has 3 aliphatic rings. The number of rotatable bonds is 2. The van der Waals surface area contributed by atoms with Crippen molar-refractivity contribution in [1.82, 2.24) is 9.80 Å². The van der Waals surface area contributed by atoms with Crippen LogP contribution in [-0.4, -0.2) is 54.6 Å². The quantitative estimate of drug-likeness (QED) is 0.831. The molecule has 2 heterocycles. The van der Waals surface area contributed by atoms with Crippen molar-refractivity contribution in [3.63, 3.8) is 0 Å². The topological polar surface area (TPSA) is 59.1 Å². The van der Waals surface area contributed by atoms with Crippen LogP contribution in [-0.2, 0) is 4.79 Å². The fourth-order valence-corrected chi connectivity index (χ4v) is 3.47. The zero-order valence-corrected chi connectivity index (χ0v) is 13.7. The highest BCUT2D eigenvalue weighted by molar-refractivity contribution is 5.95. The van der Waals surface area contributed by atoms with E-state index in [0.717, 1.165) is 25.8 Å². The molecule has 128 valence electrons. The van der Waals surface area contributed by atoms with Crippen LogP contribution in [0.1, 0.15) is 36.0 Å². The number of carbonyl (C=O) groups excluding carboxylic acids is 2. The molecular formula is C18H22N2O4. The Morgan fingerprint density at radius 1 is 0.917 bits per heavy atom. The third-order valence-electron chi connectivity index (χ3n) is 5.17. The van der Waals surface area contributed by atoms with E-state index in [1.807, 2.05) is 9.80 Å². The maximum absolute atomic E-state index is 12.8. The summed E-state index contributed by atoms with van der Waals surface area (Å²) in [7, 11) is 0. The summed E-state index contributed by atoms with van der Waals surface area (Å²) < 4.78 is 10.6. The van der Waals surface area contributed by atoms with Crippen LogP contribution >= 0.6 is 0 Å². The molecule has 1 aromatic carbocycles.